The minimum atomic E-state index is -0.853. The van der Waals surface area contributed by atoms with Crippen LogP contribution in [-0.4, -0.2) is 42.3 Å². The molecule has 0 radical (unpaired) electrons. The Balaban J connectivity index is 1.87. The molecule has 1 saturated heterocycles. The van der Waals surface area contributed by atoms with Gasteiger partial charge in [0, 0.05) is 24.8 Å². The van der Waals surface area contributed by atoms with Gasteiger partial charge < -0.3 is 19.9 Å². The van der Waals surface area contributed by atoms with Crippen molar-refractivity contribution in [2.75, 3.05) is 13.7 Å². The maximum Gasteiger partial charge on any atom is 0.174 e. The molecule has 2 fully saturated rings. The summed E-state index contributed by atoms with van der Waals surface area (Å²) in [4.78, 5) is 12.6. The summed E-state index contributed by atoms with van der Waals surface area (Å²) in [7, 11) is 1.62. The van der Waals surface area contributed by atoms with E-state index in [0.29, 0.717) is 24.3 Å². The van der Waals surface area contributed by atoms with Gasteiger partial charge in [-0.1, -0.05) is 6.07 Å². The molecule has 1 aromatic carbocycles. The molecule has 1 aromatic rings. The van der Waals surface area contributed by atoms with Crippen molar-refractivity contribution >= 4 is 5.78 Å². The van der Waals surface area contributed by atoms with Crippen molar-refractivity contribution < 1.29 is 24.7 Å². The largest absolute Gasteiger partial charge is 0.493 e. The Morgan fingerprint density at radius 2 is 2.27 bits per heavy atom. The zero-order valence-corrected chi connectivity index (χ0v) is 12.6. The molecule has 3 N–H and O–H groups in total. The fraction of sp³-hybridized carbons (Fsp3) is 0.588. The highest BCUT2D eigenvalue weighted by Crippen LogP contribution is 2.62. The van der Waals surface area contributed by atoms with Crippen LogP contribution in [0.3, 0.4) is 0 Å². The van der Waals surface area contributed by atoms with E-state index in [-0.39, 0.29) is 11.8 Å². The van der Waals surface area contributed by atoms with Crippen LogP contribution in [0.2, 0.25) is 0 Å². The number of aliphatic hydroxyl groups is 1. The zero-order chi connectivity index (χ0) is 15.1. The smallest absolute Gasteiger partial charge is 0.174 e. The number of hydrogen-bond donors (Lipinski definition) is 2. The first-order valence-electron chi connectivity index (χ1n) is 8.07. The Morgan fingerprint density at radius 1 is 1.41 bits per heavy atom. The maximum absolute atomic E-state index is 12.6. The zero-order valence-electron chi connectivity index (χ0n) is 12.6. The molecule has 2 aliphatic heterocycles. The standard InChI is InChI=1S/C17H19NO4/c1-21-11-3-2-9-8-12-17(20)5-4-10(19)15-16(17,6-7-18-12)13(9)14(11)22-15/h2-3,12,15,18,20H,4-8H2,1H3/p+1/t12-,15+,16+,17-/m1/s1. The van der Waals surface area contributed by atoms with Crippen LogP contribution in [0.4, 0.5) is 0 Å². The molecule has 2 bridgehead atoms. The molecule has 2 aliphatic carbocycles. The Hall–Kier alpha value is -1.59. The quantitative estimate of drug-likeness (QED) is 0.746. The second kappa shape index (κ2) is 3.84. The normalized spacial score (nSPS) is 40.9. The molecule has 5 rings (SSSR count). The topological polar surface area (TPSA) is 72.4 Å². The van der Waals surface area contributed by atoms with Gasteiger partial charge in [-0.2, -0.15) is 0 Å². The summed E-state index contributed by atoms with van der Waals surface area (Å²) in [5.74, 6) is 1.49. The molecule has 4 atom stereocenters. The van der Waals surface area contributed by atoms with E-state index in [1.54, 1.807) is 7.11 Å². The Bertz CT molecular complexity index is 702. The van der Waals surface area contributed by atoms with E-state index in [1.807, 2.05) is 6.07 Å². The van der Waals surface area contributed by atoms with Gasteiger partial charge in [0.25, 0.3) is 0 Å². The van der Waals surface area contributed by atoms with Gasteiger partial charge in [0.2, 0.25) is 0 Å². The summed E-state index contributed by atoms with van der Waals surface area (Å²) in [6.07, 6.45) is 2.01. The summed E-state index contributed by atoms with van der Waals surface area (Å²) < 4.78 is 11.6. The van der Waals surface area contributed by atoms with Crippen LogP contribution in [0, 0.1) is 0 Å². The second-order valence-electron chi connectivity index (χ2n) is 7.08. The van der Waals surface area contributed by atoms with Crippen LogP contribution in [0.25, 0.3) is 0 Å². The first kappa shape index (κ1) is 12.9. The molecule has 1 saturated carbocycles. The molecule has 1 spiro atoms. The number of rotatable bonds is 1. The van der Waals surface area contributed by atoms with Crippen molar-refractivity contribution in [2.24, 2.45) is 0 Å². The van der Waals surface area contributed by atoms with Crippen LogP contribution in [-0.2, 0) is 16.6 Å². The fourth-order valence-corrected chi connectivity index (χ4v) is 5.53. The van der Waals surface area contributed by atoms with Crippen molar-refractivity contribution in [3.8, 4) is 11.5 Å². The number of Topliss-reactive ketones (excluding diaryl/α,β-unsaturated/α-hetero) is 1. The number of carbonyl (C=O) groups is 1. The van der Waals surface area contributed by atoms with Crippen molar-refractivity contribution in [3.05, 3.63) is 23.3 Å². The molecule has 0 unspecified atom stereocenters. The van der Waals surface area contributed by atoms with Gasteiger partial charge in [0.05, 0.1) is 19.1 Å². The van der Waals surface area contributed by atoms with E-state index in [2.05, 4.69) is 11.4 Å². The van der Waals surface area contributed by atoms with Crippen molar-refractivity contribution in [1.29, 1.82) is 0 Å². The van der Waals surface area contributed by atoms with Crippen LogP contribution in [0.1, 0.15) is 30.4 Å². The lowest BCUT2D eigenvalue weighted by molar-refractivity contribution is -0.720. The minimum absolute atomic E-state index is 0.118. The average molecular weight is 302 g/mol. The van der Waals surface area contributed by atoms with Gasteiger partial charge >= 0.3 is 0 Å². The summed E-state index contributed by atoms with van der Waals surface area (Å²) in [5, 5.41) is 13.8. The third kappa shape index (κ3) is 1.16. The number of benzene rings is 1. The number of nitrogens with two attached hydrogens (primary N) is 1. The van der Waals surface area contributed by atoms with Gasteiger partial charge in [-0.25, -0.2) is 0 Å². The molecule has 0 amide bonds. The van der Waals surface area contributed by atoms with Gasteiger partial charge in [0.15, 0.2) is 23.4 Å². The molecular formula is C17H20NO4+. The van der Waals surface area contributed by atoms with E-state index < -0.39 is 17.1 Å². The van der Waals surface area contributed by atoms with Gasteiger partial charge in [0.1, 0.15) is 11.6 Å². The number of piperidine rings is 1. The molecule has 2 heterocycles. The molecule has 5 nitrogen and oxygen atoms in total. The van der Waals surface area contributed by atoms with Crippen LogP contribution in [0.5, 0.6) is 11.5 Å². The number of ketones is 1. The van der Waals surface area contributed by atoms with Crippen LogP contribution in [0.15, 0.2) is 12.1 Å². The highest BCUT2D eigenvalue weighted by molar-refractivity contribution is 5.89. The predicted octanol–water partition coefficient (Wildman–Crippen LogP) is -0.320. The van der Waals surface area contributed by atoms with Crippen molar-refractivity contribution in [1.82, 2.24) is 0 Å². The van der Waals surface area contributed by atoms with E-state index in [0.717, 1.165) is 24.9 Å². The number of quaternary nitrogens is 1. The maximum atomic E-state index is 12.6. The molecule has 116 valence electrons. The highest BCUT2D eigenvalue weighted by Gasteiger charge is 2.73. The lowest BCUT2D eigenvalue weighted by Gasteiger charge is -2.57. The van der Waals surface area contributed by atoms with E-state index in [4.69, 9.17) is 9.47 Å². The lowest BCUT2D eigenvalue weighted by atomic mass is 9.49. The second-order valence-corrected chi connectivity index (χ2v) is 7.08. The first-order valence-corrected chi connectivity index (χ1v) is 8.07. The first-order chi connectivity index (χ1) is 10.6. The lowest BCUT2D eigenvalue weighted by Crippen LogP contribution is -3.01. The Labute approximate surface area is 128 Å². The molecule has 22 heavy (non-hydrogen) atoms. The highest BCUT2D eigenvalue weighted by atomic mass is 16.5. The van der Waals surface area contributed by atoms with Crippen molar-refractivity contribution in [2.45, 2.75) is 48.8 Å². The molecule has 5 heteroatoms. The summed E-state index contributed by atoms with van der Waals surface area (Å²) >= 11 is 0. The monoisotopic (exact) mass is 302 g/mol. The van der Waals surface area contributed by atoms with E-state index in [1.165, 1.54) is 5.56 Å². The number of methoxy groups -OCH3 is 1. The summed E-state index contributed by atoms with van der Waals surface area (Å²) in [6.45, 7) is 0.927. The third-order valence-corrected chi connectivity index (χ3v) is 6.42. The molecule has 4 aliphatic rings. The molecule has 0 aromatic heterocycles. The van der Waals surface area contributed by atoms with Gasteiger partial charge in [-0.05, 0) is 18.1 Å². The predicted molar refractivity (Wildman–Crippen MR) is 77.2 cm³/mol. The SMILES string of the molecule is COc1ccc2c3c1O[C@H]1C(=O)CC[C@@]4(O)[C@@H](C2)[NH2+]CC[C@]314. The average Bonchev–Trinajstić information content (AvgIpc) is 2.85. The summed E-state index contributed by atoms with van der Waals surface area (Å²) in [6, 6.07) is 4.12. The molecular weight excluding hydrogens is 282 g/mol. The summed E-state index contributed by atoms with van der Waals surface area (Å²) in [5.41, 5.74) is 0.837. The third-order valence-electron chi connectivity index (χ3n) is 6.42. The van der Waals surface area contributed by atoms with Gasteiger partial charge in [-0.3, -0.25) is 4.79 Å². The Kier molecular flexibility index (Phi) is 2.25. The van der Waals surface area contributed by atoms with E-state index in [9.17, 15) is 9.90 Å². The number of carbonyl (C=O) groups excluding carboxylic acids is 1. The van der Waals surface area contributed by atoms with Crippen molar-refractivity contribution in [3.63, 3.8) is 0 Å². The minimum Gasteiger partial charge on any atom is -0.493 e. The fourth-order valence-electron chi connectivity index (χ4n) is 5.53. The number of hydrogen-bond acceptors (Lipinski definition) is 4. The van der Waals surface area contributed by atoms with Crippen LogP contribution >= 0.6 is 0 Å². The van der Waals surface area contributed by atoms with Gasteiger partial charge in [-0.15, -0.1) is 0 Å². The Morgan fingerprint density at radius 3 is 3.09 bits per heavy atom. The number of ether oxygens (including phenoxy) is 2. The van der Waals surface area contributed by atoms with Crippen LogP contribution < -0.4 is 14.8 Å². The van der Waals surface area contributed by atoms with E-state index >= 15 is 0 Å².